The molecule has 346 valence electrons. The van der Waals surface area contributed by atoms with Crippen LogP contribution in [0, 0.1) is 5.92 Å². The molecule has 3 N–H and O–H groups in total. The van der Waals surface area contributed by atoms with E-state index in [9.17, 15) is 28.8 Å². The summed E-state index contributed by atoms with van der Waals surface area (Å²) in [4.78, 5) is 98.1. The second kappa shape index (κ2) is 18.6. The smallest absolute Gasteiger partial charge is 0.266 e. The van der Waals surface area contributed by atoms with Crippen LogP contribution in [0.5, 0.6) is 5.75 Å². The maximum atomic E-state index is 13.4. The number of anilines is 3. The number of fused-ring (bicyclic) bond motifs is 2. The fourth-order valence-electron chi connectivity index (χ4n) is 9.76. The van der Waals surface area contributed by atoms with Gasteiger partial charge in [0, 0.05) is 75.7 Å². The van der Waals surface area contributed by atoms with Crippen molar-refractivity contribution < 1.29 is 33.5 Å². The number of imide groups is 2. The molecular formula is C47H47Cl2N11O7. The third-order valence-electron chi connectivity index (χ3n) is 13.5. The Labute approximate surface area is 394 Å². The number of imidazole rings is 1. The molecule has 18 nitrogen and oxygen atoms in total. The first-order chi connectivity index (χ1) is 32.5. The van der Waals surface area contributed by atoms with Crippen LogP contribution in [-0.2, 0) is 14.4 Å². The van der Waals surface area contributed by atoms with Crippen molar-refractivity contribution in [2.45, 2.75) is 56.7 Å². The van der Waals surface area contributed by atoms with E-state index in [1.807, 2.05) is 16.7 Å². The van der Waals surface area contributed by atoms with Crippen molar-refractivity contribution in [3.63, 3.8) is 0 Å². The van der Waals surface area contributed by atoms with Crippen LogP contribution in [0.4, 0.5) is 17.2 Å². The van der Waals surface area contributed by atoms with Gasteiger partial charge in [0.2, 0.25) is 11.8 Å². The number of piperazine rings is 1. The van der Waals surface area contributed by atoms with Crippen molar-refractivity contribution in [2.75, 3.05) is 62.6 Å². The van der Waals surface area contributed by atoms with Gasteiger partial charge in [-0.15, -0.1) is 0 Å². The van der Waals surface area contributed by atoms with Crippen molar-refractivity contribution in [1.29, 1.82) is 0 Å². The van der Waals surface area contributed by atoms with Crippen LogP contribution in [-0.4, -0.2) is 134 Å². The Morgan fingerprint density at radius 3 is 2.28 bits per heavy atom. The van der Waals surface area contributed by atoms with E-state index in [1.54, 1.807) is 41.6 Å². The highest BCUT2D eigenvalue weighted by Gasteiger charge is 2.46. The molecule has 3 aromatic carbocycles. The molecule has 1 unspecified atom stereocenters. The second-order valence-electron chi connectivity index (χ2n) is 17.6. The van der Waals surface area contributed by atoms with Crippen LogP contribution in [0.1, 0.15) is 75.6 Å². The average Bonchev–Trinajstić information content (AvgIpc) is 3.85. The molecular weight excluding hydrogens is 901 g/mol. The van der Waals surface area contributed by atoms with Gasteiger partial charge >= 0.3 is 0 Å². The monoisotopic (exact) mass is 947 g/mol. The number of carbonyl (C=O) groups excluding carboxylic acids is 6. The highest BCUT2D eigenvalue weighted by molar-refractivity contribution is 6.39. The Balaban J connectivity index is 0.658. The van der Waals surface area contributed by atoms with Crippen molar-refractivity contribution in [3.05, 3.63) is 100 Å². The average molecular weight is 949 g/mol. The van der Waals surface area contributed by atoms with Crippen LogP contribution in [0.3, 0.4) is 0 Å². The fraction of sp³-hybridized carbons (Fsp3) is 0.383. The summed E-state index contributed by atoms with van der Waals surface area (Å²) in [6.45, 7) is 5.54. The maximum absolute atomic E-state index is 13.4. The summed E-state index contributed by atoms with van der Waals surface area (Å²) in [5, 5.41) is 9.29. The topological polar surface area (TPSA) is 204 Å². The molecule has 4 aliphatic heterocycles. The highest BCUT2D eigenvalue weighted by atomic mass is 35.5. The van der Waals surface area contributed by atoms with E-state index in [0.29, 0.717) is 40.4 Å². The number of aromatic nitrogens is 4. The van der Waals surface area contributed by atoms with Crippen molar-refractivity contribution in [3.8, 4) is 5.75 Å². The van der Waals surface area contributed by atoms with E-state index >= 15 is 0 Å². The number of nitrogens with one attached hydrogen (secondary N) is 3. The summed E-state index contributed by atoms with van der Waals surface area (Å²) in [6, 6.07) is 16.9. The third-order valence-corrected chi connectivity index (χ3v) is 14.2. The molecule has 6 heterocycles. The van der Waals surface area contributed by atoms with E-state index in [0.717, 1.165) is 80.3 Å². The van der Waals surface area contributed by atoms with Gasteiger partial charge in [0.15, 0.2) is 23.6 Å². The molecule has 4 fully saturated rings. The summed E-state index contributed by atoms with van der Waals surface area (Å²) in [5.41, 5.74) is 3.81. The number of likely N-dealkylation sites (tertiary alicyclic amines) is 1. The van der Waals surface area contributed by atoms with Crippen LogP contribution < -0.4 is 25.6 Å². The number of ether oxygens (including phenoxy) is 1. The fourth-order valence-corrected chi connectivity index (χ4v) is 10.3. The number of nitrogens with zero attached hydrogens (tertiary/aromatic N) is 8. The lowest BCUT2D eigenvalue weighted by molar-refractivity contribution is -0.136. The Morgan fingerprint density at radius 1 is 0.821 bits per heavy atom. The standard InChI is InChI=1S/C47H47Cl2N11O7/c48-33-4-2-5-34(49)40(33)45(64)54-29-21-31(22-29)59-26-52-41-42(50-25-51-43(41)59)53-28-7-9-30(10-8-28)57-19-17-56(18-20-57)23-27-13-15-58(16-14-27)38(62)24-67-36-6-1-3-32-39(36)47(66)60(46(32)65)35-11-12-37(61)55-44(35)63/h1-10,25-27,29,31,35H,11-24H2,(H,54,64)(H,50,51,53)(H,55,61,63). The van der Waals surface area contributed by atoms with Gasteiger partial charge in [0.25, 0.3) is 23.6 Å². The normalized spacial score (nSPS) is 21.3. The molecule has 1 atom stereocenters. The molecule has 5 aliphatic rings. The number of amides is 6. The zero-order valence-electron chi connectivity index (χ0n) is 36.3. The lowest BCUT2D eigenvalue weighted by Crippen LogP contribution is -2.54. The molecule has 10 rings (SSSR count). The number of piperidine rings is 2. The Morgan fingerprint density at radius 2 is 1.55 bits per heavy atom. The summed E-state index contributed by atoms with van der Waals surface area (Å²) in [7, 11) is 0. The quantitative estimate of drug-likeness (QED) is 0.143. The largest absolute Gasteiger partial charge is 0.483 e. The Hall–Kier alpha value is -6.63. The lowest BCUT2D eigenvalue weighted by atomic mass is 9.86. The lowest BCUT2D eigenvalue weighted by Gasteiger charge is -2.39. The van der Waals surface area contributed by atoms with E-state index < -0.39 is 29.7 Å². The summed E-state index contributed by atoms with van der Waals surface area (Å²) in [5.74, 6) is -1.74. The van der Waals surface area contributed by atoms with E-state index in [2.05, 4.69) is 52.8 Å². The molecule has 0 spiro atoms. The number of halogens is 2. The minimum Gasteiger partial charge on any atom is -0.483 e. The van der Waals surface area contributed by atoms with Crippen molar-refractivity contribution in [2.24, 2.45) is 5.92 Å². The zero-order chi connectivity index (χ0) is 46.3. The minimum atomic E-state index is -1.09. The van der Waals surface area contributed by atoms with Gasteiger partial charge in [0.05, 0.1) is 33.1 Å². The summed E-state index contributed by atoms with van der Waals surface area (Å²) >= 11 is 12.5. The first-order valence-corrected chi connectivity index (χ1v) is 23.3. The van der Waals surface area contributed by atoms with Crippen molar-refractivity contribution in [1.82, 2.24) is 44.9 Å². The number of carbonyl (C=O) groups is 6. The van der Waals surface area contributed by atoms with Crippen molar-refractivity contribution >= 4 is 87.0 Å². The predicted octanol–water partition coefficient (Wildman–Crippen LogP) is 4.85. The van der Waals surface area contributed by atoms with Gasteiger partial charge in [-0.3, -0.25) is 43.9 Å². The van der Waals surface area contributed by atoms with Gasteiger partial charge < -0.3 is 29.7 Å². The van der Waals surface area contributed by atoms with Crippen LogP contribution in [0.15, 0.2) is 73.3 Å². The molecule has 67 heavy (non-hydrogen) atoms. The molecule has 5 aromatic rings. The maximum Gasteiger partial charge on any atom is 0.266 e. The molecule has 20 heteroatoms. The van der Waals surface area contributed by atoms with Crippen LogP contribution in [0.2, 0.25) is 10.0 Å². The number of hydrogen-bond donors (Lipinski definition) is 3. The molecule has 6 amide bonds. The van der Waals surface area contributed by atoms with Gasteiger partial charge in [-0.1, -0.05) is 35.3 Å². The van der Waals surface area contributed by atoms with E-state index in [1.165, 1.54) is 12.4 Å². The van der Waals surface area contributed by atoms with Gasteiger partial charge in [-0.25, -0.2) is 15.0 Å². The first-order valence-electron chi connectivity index (χ1n) is 22.5. The molecule has 0 radical (unpaired) electrons. The Kier molecular flexibility index (Phi) is 12.3. The molecule has 2 aromatic heterocycles. The minimum absolute atomic E-state index is 0.0238. The zero-order valence-corrected chi connectivity index (χ0v) is 37.8. The number of benzene rings is 3. The van der Waals surface area contributed by atoms with E-state index in [-0.39, 0.29) is 65.8 Å². The highest BCUT2D eigenvalue weighted by Crippen LogP contribution is 2.37. The predicted molar refractivity (Wildman–Crippen MR) is 248 cm³/mol. The molecule has 1 aliphatic carbocycles. The van der Waals surface area contributed by atoms with Crippen LogP contribution in [0.25, 0.3) is 11.2 Å². The SMILES string of the molecule is O=C1CCC(N2C(=O)c3cccc(OCC(=O)N4CCC(CN5CCN(c6ccc(Nc7ncnc8c7ncn8C7CC(NC(=O)c8c(Cl)cccc8Cl)C7)cc6)CC5)CC4)c3C2=O)C(=O)N1. The second-order valence-corrected chi connectivity index (χ2v) is 18.5. The summed E-state index contributed by atoms with van der Waals surface area (Å²) < 4.78 is 7.90. The first kappa shape index (κ1) is 44.2. The summed E-state index contributed by atoms with van der Waals surface area (Å²) in [6.07, 6.45) is 6.56. The van der Waals surface area contributed by atoms with Crippen LogP contribution >= 0.6 is 23.2 Å². The Bertz CT molecular complexity index is 2760. The molecule has 0 bridgehead atoms. The molecule has 3 saturated heterocycles. The number of rotatable bonds is 12. The van der Waals surface area contributed by atoms with Gasteiger partial charge in [-0.2, -0.15) is 0 Å². The number of hydrogen-bond acceptors (Lipinski definition) is 13. The third kappa shape index (κ3) is 8.88. The van der Waals surface area contributed by atoms with Gasteiger partial charge in [0.1, 0.15) is 18.1 Å². The van der Waals surface area contributed by atoms with E-state index in [4.69, 9.17) is 27.9 Å². The molecule has 1 saturated carbocycles. The van der Waals surface area contributed by atoms with Gasteiger partial charge in [-0.05, 0) is 86.6 Å².